The summed E-state index contributed by atoms with van der Waals surface area (Å²) < 4.78 is 6.38. The van der Waals surface area contributed by atoms with Gasteiger partial charge in [-0.15, -0.1) is 4.17 Å². The van der Waals surface area contributed by atoms with Crippen molar-refractivity contribution < 1.29 is 54.0 Å². The predicted molar refractivity (Wildman–Crippen MR) is 572 cm³/mol. The van der Waals surface area contributed by atoms with Crippen molar-refractivity contribution in [2.24, 2.45) is 30.9 Å². The standard InChI is InChI=1S/C43H64N4O2.C36H54N2O2.C36H30NP2.3CH3.2Co/c1-41(2,3)33-23-30(17-14-22-47-21-13-16-29-15-12-20-44-40(29)47)38(48)31(24-33)27-45-36-18-10-11-19-37(36)46-28-32-25-34(42(4,5)6)26-35(39(32)49)43(7,8)9;1-33(2,3)25-17-23(31(39)27(19-25)35(7,8)9)21-37-29-15-13-14-16-30(29)38-22-24-18-26(34(4,5)6)20-28(32(24)40)36(10,11)12;1-7-19-31(20-8-1)38(32-21-9-2-10-22-32,33-23-11-3-12-24-33)37-39(34-25-13-4-14-26-34,35-27-15-5-16-28-35)36-29-17-6-18-30-36;;;;;/h23-29,36-37,48-49H,10-22H2,1-9H3;17-22,29-30,39-40H,13-16H2,1-12H3;1-30H;3*1H3;;/q;;+1;3*-1;;/t29?,36-,37?;;;;;;;/m1......./s1. The van der Waals surface area contributed by atoms with Gasteiger partial charge >= 0.3 is 14.1 Å². The number of phenolic OH excluding ortho intramolecular Hbond substituents is 4. The molecule has 0 bridgehead atoms. The first-order chi connectivity index (χ1) is 60.5. The van der Waals surface area contributed by atoms with Gasteiger partial charge in [0, 0.05) is 123 Å². The van der Waals surface area contributed by atoms with Gasteiger partial charge in [-0.25, -0.2) is 0 Å². The molecular formula is C118H157Co2N7O4P2-2. The molecule has 1 saturated heterocycles. The van der Waals surface area contributed by atoms with Gasteiger partial charge in [0.15, 0.2) is 0 Å². The average molecular weight is 1920 g/mol. The molecule has 5 atom stereocenters. The molecule has 10 aromatic carbocycles. The van der Waals surface area contributed by atoms with Crippen molar-refractivity contribution in [3.05, 3.63) is 320 Å². The molecule has 2 aliphatic carbocycles. The molecular weight excluding hydrogens is 1760 g/mol. The van der Waals surface area contributed by atoms with Crippen molar-refractivity contribution in [2.75, 3.05) is 19.6 Å². The first-order valence-electron chi connectivity index (χ1n) is 47.3. The van der Waals surface area contributed by atoms with E-state index in [9.17, 15) is 20.4 Å². The number of hydrogen-bond acceptors (Lipinski definition) is 10. The van der Waals surface area contributed by atoms with Crippen LogP contribution in [0.1, 0.15) is 296 Å². The van der Waals surface area contributed by atoms with Crippen LogP contribution < -0.4 is 36.0 Å². The number of fused-ring (bicyclic) bond motifs is 1. The summed E-state index contributed by atoms with van der Waals surface area (Å²) in [6, 6.07) is 82.8. The topological polar surface area (TPSA) is 160 Å². The third-order valence-corrected chi connectivity index (χ3v) is 34.5. The molecule has 0 aromatic heterocycles. The third-order valence-electron chi connectivity index (χ3n) is 26.1. The van der Waals surface area contributed by atoms with Crippen LogP contribution in [0.5, 0.6) is 23.0 Å². The van der Waals surface area contributed by atoms with Gasteiger partial charge < -0.3 is 47.6 Å². The second kappa shape index (κ2) is 47.3. The molecule has 14 rings (SSSR count). The molecule has 133 heavy (non-hydrogen) atoms. The van der Waals surface area contributed by atoms with Crippen LogP contribution in [-0.2, 0) is 77.9 Å². The van der Waals surface area contributed by atoms with Crippen LogP contribution in [0.2, 0.25) is 0 Å². The Morgan fingerprint density at radius 2 is 0.586 bits per heavy atom. The predicted octanol–water partition coefficient (Wildman–Crippen LogP) is 26.6. The number of phenols is 4. The molecule has 11 nitrogen and oxygen atoms in total. The molecule has 2 radical (unpaired) electrons. The smallest absolute Gasteiger partial charge is 0.301 e. The van der Waals surface area contributed by atoms with Crippen molar-refractivity contribution in [2.45, 2.75) is 297 Å². The normalized spacial score (nSPS) is 17.6. The summed E-state index contributed by atoms with van der Waals surface area (Å²) in [6.07, 6.45) is 22.7. The Bertz CT molecular complexity index is 5260. The first-order valence-corrected chi connectivity index (χ1v) is 50.8. The molecule has 15 heteroatoms. The summed E-state index contributed by atoms with van der Waals surface area (Å²) in [5.41, 5.74) is 11.1. The quantitative estimate of drug-likeness (QED) is 0.0291. The first kappa shape index (κ1) is 111. The molecule has 3 fully saturated rings. The second-order valence-corrected chi connectivity index (χ2v) is 49.7. The van der Waals surface area contributed by atoms with Crippen molar-refractivity contribution in [3.8, 4) is 23.0 Å². The molecule has 718 valence electrons. The maximum Gasteiger partial charge on any atom is 0.301 e. The maximum absolute atomic E-state index is 11.6. The molecule has 2 aliphatic heterocycles. The van der Waals surface area contributed by atoms with Gasteiger partial charge in [0.2, 0.25) is 0 Å². The number of aliphatic imine (C=N–C) groups is 5. The number of aryl methyl sites for hydroxylation is 1. The summed E-state index contributed by atoms with van der Waals surface area (Å²) in [6.45, 7) is 48.9. The number of amidine groups is 1. The van der Waals surface area contributed by atoms with Crippen molar-refractivity contribution >= 4 is 76.6 Å². The van der Waals surface area contributed by atoms with Crippen LogP contribution in [0, 0.1) is 28.2 Å². The molecule has 0 amide bonds. The zero-order valence-corrected chi connectivity index (χ0v) is 88.5. The minimum Gasteiger partial charge on any atom is -0.507 e. The summed E-state index contributed by atoms with van der Waals surface area (Å²) in [5, 5.41) is 52.9. The van der Waals surface area contributed by atoms with Crippen LogP contribution in [0.25, 0.3) is 0 Å². The van der Waals surface area contributed by atoms with E-state index in [4.69, 9.17) is 29.1 Å². The van der Waals surface area contributed by atoms with E-state index < -0.39 is 14.1 Å². The number of piperidine rings is 1. The van der Waals surface area contributed by atoms with Crippen LogP contribution in [-0.4, -0.2) is 99.8 Å². The average Bonchev–Trinajstić information content (AvgIpc) is 0.715. The zero-order chi connectivity index (χ0) is 92.2. The number of aromatic hydroxyl groups is 4. The van der Waals surface area contributed by atoms with Crippen molar-refractivity contribution in [1.82, 2.24) is 9.07 Å². The van der Waals surface area contributed by atoms with Crippen molar-refractivity contribution in [3.63, 3.8) is 0 Å². The van der Waals surface area contributed by atoms with Gasteiger partial charge in [0.25, 0.3) is 0 Å². The fourth-order valence-corrected chi connectivity index (χ4v) is 27.8. The van der Waals surface area contributed by atoms with Gasteiger partial charge in [0.1, 0.15) is 28.8 Å². The Labute approximate surface area is 824 Å². The van der Waals surface area contributed by atoms with E-state index in [0.29, 0.717) is 28.9 Å². The molecule has 10 aromatic rings. The summed E-state index contributed by atoms with van der Waals surface area (Å²) in [4.78, 5) is 27.7. The van der Waals surface area contributed by atoms with Gasteiger partial charge in [-0.1, -0.05) is 305 Å². The largest absolute Gasteiger partial charge is 0.507 e. The molecule has 2 heterocycles. The number of rotatable bonds is 18. The van der Waals surface area contributed by atoms with Crippen LogP contribution in [0.3, 0.4) is 0 Å². The van der Waals surface area contributed by atoms with E-state index in [1.54, 1.807) is 0 Å². The van der Waals surface area contributed by atoms with Crippen LogP contribution in [0.15, 0.2) is 255 Å². The molecule has 4 unspecified atom stereocenters. The maximum atomic E-state index is 11.6. The molecule has 4 aliphatic rings. The Kier molecular flexibility index (Phi) is 39.5. The third kappa shape index (κ3) is 27.5. The summed E-state index contributed by atoms with van der Waals surface area (Å²) in [7, 11) is -4.99. The monoisotopic (exact) mass is 1920 g/mol. The van der Waals surface area contributed by atoms with Crippen molar-refractivity contribution in [1.29, 1.82) is 0 Å². The van der Waals surface area contributed by atoms with E-state index in [2.05, 4.69) is 381 Å². The zero-order valence-electron chi connectivity index (χ0n) is 84.6. The van der Waals surface area contributed by atoms with E-state index in [0.717, 1.165) is 128 Å². The fraction of sp³-hybridized carbons (Fsp3) is 0.424. The van der Waals surface area contributed by atoms with Gasteiger partial charge in [-0.05, 0) is 227 Å². The number of likely N-dealkylation sites (tertiary alicyclic amines) is 1. The number of nitrogens with zero attached hydrogens (tertiary/aromatic N) is 7. The van der Waals surface area contributed by atoms with Gasteiger partial charge in [-0.3, -0.25) is 25.0 Å². The van der Waals surface area contributed by atoms with Crippen LogP contribution in [0.4, 0.5) is 0 Å². The Morgan fingerprint density at radius 1 is 0.331 bits per heavy atom. The minimum absolute atomic E-state index is 0. The SMILES string of the molecule is CC(C)(C)c1cc(C=NC2CCCCC2N=Cc2cc(C(C)(C)C)cc(C(C)(C)C)c2O)c(O)c(C(C)(C)C)c1.CC(C)(C)c1cc(C=N[C@@H]2CCCCC2N=Cc2cc(C(C)(C)C)cc(C(C)(C)C)c2O)c(O)c(CCCN2CCCC3CCCN=C32)c1.[CH3-].[CH3-].[CH3-].[Co].[Co].c1ccc(P(=[N+]=P(c2ccccc2)(c2ccccc2)c2ccccc2)(c2ccccc2)c2ccccc2)cc1. The summed E-state index contributed by atoms with van der Waals surface area (Å²) in [5.74, 6) is 3.31. The fourth-order valence-electron chi connectivity index (χ4n) is 18.3. The molecule has 4 N–H and O–H groups in total. The number of hydrogen-bond donors (Lipinski definition) is 4. The van der Waals surface area contributed by atoms with E-state index in [1.165, 1.54) is 85.6 Å². The molecule has 0 spiro atoms. The second-order valence-electron chi connectivity index (χ2n) is 43.3. The van der Waals surface area contributed by atoms with Crippen LogP contribution >= 0.6 is 14.1 Å². The van der Waals surface area contributed by atoms with E-state index >= 15 is 0 Å². The Hall–Kier alpha value is -8.87. The van der Waals surface area contributed by atoms with E-state index in [-0.39, 0.29) is 118 Å². The Balaban J connectivity index is 0.000000269. The van der Waals surface area contributed by atoms with Gasteiger partial charge in [-0.2, -0.15) is 0 Å². The Morgan fingerprint density at radius 3 is 0.850 bits per heavy atom. The number of benzene rings is 10. The summed E-state index contributed by atoms with van der Waals surface area (Å²) >= 11 is 0. The minimum atomic E-state index is -2.50. The van der Waals surface area contributed by atoms with E-state index in [1.807, 2.05) is 24.9 Å². The van der Waals surface area contributed by atoms with Gasteiger partial charge in [0.05, 0.1) is 56.0 Å². The molecule has 2 saturated carbocycles.